The van der Waals surface area contributed by atoms with Crippen LogP contribution in [0, 0.1) is 0 Å². The average Bonchev–Trinajstić information content (AvgIpc) is 3.23. The minimum absolute atomic E-state index is 0.00695. The van der Waals surface area contributed by atoms with Crippen molar-refractivity contribution in [2.24, 2.45) is 0 Å². The Morgan fingerprint density at radius 2 is 0.935 bits per heavy atom. The zero-order valence-corrected chi connectivity index (χ0v) is 26.0. The molecule has 0 fully saturated rings. The van der Waals surface area contributed by atoms with Crippen LogP contribution in [0.4, 0.5) is 0 Å². The maximum Gasteiger partial charge on any atom is 0.260 e. The van der Waals surface area contributed by atoms with E-state index in [2.05, 4.69) is 164 Å². The van der Waals surface area contributed by atoms with Crippen LogP contribution in [0.2, 0.25) is 0 Å². The lowest BCUT2D eigenvalue weighted by molar-refractivity contribution is 0.466. The Kier molecular flexibility index (Phi) is 5.43. The van der Waals surface area contributed by atoms with E-state index in [1.807, 2.05) is 0 Å². The third-order valence-electron chi connectivity index (χ3n) is 10.1. The second kappa shape index (κ2) is 9.71. The lowest BCUT2D eigenvalue weighted by Crippen LogP contribution is -2.75. The highest BCUT2D eigenvalue weighted by atomic mass is 28.3. The molecule has 0 radical (unpaired) electrons. The summed E-state index contributed by atoms with van der Waals surface area (Å²) >= 11 is 0. The average molecular weight is 603 g/mol. The van der Waals surface area contributed by atoms with Gasteiger partial charge in [-0.1, -0.05) is 146 Å². The van der Waals surface area contributed by atoms with Crippen molar-refractivity contribution in [1.82, 2.24) is 0 Å². The molecule has 2 nitrogen and oxygen atoms in total. The number of rotatable bonds is 2. The van der Waals surface area contributed by atoms with Crippen molar-refractivity contribution >= 4 is 51.9 Å². The van der Waals surface area contributed by atoms with E-state index in [4.69, 9.17) is 9.47 Å². The van der Waals surface area contributed by atoms with Crippen LogP contribution in [0.5, 0.6) is 23.0 Å². The van der Waals surface area contributed by atoms with Gasteiger partial charge in [0.25, 0.3) is 6.71 Å². The molecule has 10 rings (SSSR count). The van der Waals surface area contributed by atoms with Gasteiger partial charge in [0, 0.05) is 11.0 Å². The van der Waals surface area contributed by atoms with Gasteiger partial charge in [0.15, 0.2) is 8.07 Å². The smallest absolute Gasteiger partial charge is 0.260 e. The molecule has 0 aliphatic carbocycles. The molecule has 0 spiro atoms. The van der Waals surface area contributed by atoms with Crippen LogP contribution in [-0.2, 0) is 0 Å². The number of hydrogen-bond donors (Lipinski definition) is 0. The summed E-state index contributed by atoms with van der Waals surface area (Å²) in [7, 11) is -2.97. The first-order chi connectivity index (χ1) is 22.8. The summed E-state index contributed by atoms with van der Waals surface area (Å²) in [6.45, 7) is 0.00695. The minimum atomic E-state index is -2.97. The molecule has 0 amide bonds. The molecular weight excluding hydrogens is 575 g/mol. The number of para-hydroxylation sites is 2. The third-order valence-corrected chi connectivity index (χ3v) is 14.9. The van der Waals surface area contributed by atoms with E-state index in [9.17, 15) is 0 Å². The highest BCUT2D eigenvalue weighted by Gasteiger charge is 2.50. The van der Waals surface area contributed by atoms with Gasteiger partial charge in [0.1, 0.15) is 23.0 Å². The van der Waals surface area contributed by atoms with E-state index < -0.39 is 8.07 Å². The van der Waals surface area contributed by atoms with Crippen LogP contribution in [0.25, 0.3) is 22.3 Å². The van der Waals surface area contributed by atoms with E-state index in [-0.39, 0.29) is 6.71 Å². The standard InChI is InChI=1S/C42H27BO2Si/c1-3-15-28(16-4-1)46(29-17-5-2-6-18-29)38-26-14-9-20-31(38)30-19-7-8-21-32(30)40-39(46)27-37-41-42(40)45-36-25-13-11-23-34(36)43(41)33-22-10-12-24-35(33)44-37/h1-27H. The maximum atomic E-state index is 7.16. The highest BCUT2D eigenvalue weighted by Crippen LogP contribution is 2.45. The van der Waals surface area contributed by atoms with Crippen LogP contribution < -0.4 is 46.6 Å². The van der Waals surface area contributed by atoms with Crippen molar-refractivity contribution in [3.8, 4) is 45.3 Å². The Balaban J connectivity index is 1.44. The lowest BCUT2D eigenvalue weighted by Gasteiger charge is -2.39. The van der Waals surface area contributed by atoms with Crippen LogP contribution in [0.1, 0.15) is 0 Å². The van der Waals surface area contributed by atoms with Gasteiger partial charge in [0.05, 0.1) is 0 Å². The van der Waals surface area contributed by atoms with E-state index in [1.165, 1.54) is 53.9 Å². The summed E-state index contributed by atoms with van der Waals surface area (Å²) < 4.78 is 14.1. The summed E-state index contributed by atoms with van der Waals surface area (Å²) in [6, 6.07) is 59.7. The van der Waals surface area contributed by atoms with Gasteiger partial charge < -0.3 is 9.47 Å². The summed E-state index contributed by atoms with van der Waals surface area (Å²) in [5.74, 6) is 3.60. The van der Waals surface area contributed by atoms with Gasteiger partial charge in [-0.05, 0) is 66.6 Å². The second-order valence-electron chi connectivity index (χ2n) is 12.3. The van der Waals surface area contributed by atoms with Crippen molar-refractivity contribution in [2.75, 3.05) is 0 Å². The third kappa shape index (κ3) is 3.37. The van der Waals surface area contributed by atoms with Gasteiger partial charge in [-0.25, -0.2) is 0 Å². The Morgan fingerprint density at radius 1 is 0.413 bits per heavy atom. The SMILES string of the molecule is c1ccc([Si]2(c3ccccc3)c3ccccc3-c3ccccc3-c3c2cc2c4c3Oc3ccccc3B4c3ccccc3O2)cc1. The molecule has 0 unspecified atom stereocenters. The molecule has 0 bridgehead atoms. The molecule has 0 aromatic heterocycles. The van der Waals surface area contributed by atoms with Crippen molar-refractivity contribution in [2.45, 2.75) is 0 Å². The van der Waals surface area contributed by atoms with E-state index in [0.29, 0.717) is 0 Å². The summed E-state index contributed by atoms with van der Waals surface area (Å²) in [4.78, 5) is 0. The molecule has 7 aromatic carbocycles. The van der Waals surface area contributed by atoms with Crippen molar-refractivity contribution in [3.05, 3.63) is 164 Å². The predicted molar refractivity (Wildman–Crippen MR) is 192 cm³/mol. The van der Waals surface area contributed by atoms with Gasteiger partial charge in [-0.2, -0.15) is 0 Å². The molecule has 214 valence electrons. The monoisotopic (exact) mass is 602 g/mol. The van der Waals surface area contributed by atoms with E-state index >= 15 is 0 Å². The first-order valence-corrected chi connectivity index (χ1v) is 17.9. The zero-order chi connectivity index (χ0) is 30.2. The van der Waals surface area contributed by atoms with Crippen molar-refractivity contribution in [1.29, 1.82) is 0 Å². The lowest BCUT2D eigenvalue weighted by atomic mass is 9.34. The van der Waals surface area contributed by atoms with E-state index in [1.54, 1.807) is 0 Å². The number of ether oxygens (including phenoxy) is 2. The fourth-order valence-electron chi connectivity index (χ4n) is 8.30. The molecule has 0 saturated carbocycles. The number of benzene rings is 7. The Hall–Kier alpha value is -5.58. The van der Waals surface area contributed by atoms with Crippen LogP contribution in [0.3, 0.4) is 0 Å². The molecule has 4 heteroatoms. The summed E-state index contributed by atoms with van der Waals surface area (Å²) in [5, 5.41) is 5.32. The molecule has 0 atom stereocenters. The largest absolute Gasteiger partial charge is 0.458 e. The summed E-state index contributed by atoms with van der Waals surface area (Å²) in [6.07, 6.45) is 0. The Morgan fingerprint density at radius 3 is 1.61 bits per heavy atom. The highest BCUT2D eigenvalue weighted by molar-refractivity contribution is 7.21. The van der Waals surface area contributed by atoms with Crippen molar-refractivity contribution in [3.63, 3.8) is 0 Å². The maximum absolute atomic E-state index is 7.16. The minimum Gasteiger partial charge on any atom is -0.458 e. The molecule has 0 saturated heterocycles. The fourth-order valence-corrected chi connectivity index (χ4v) is 13.5. The Labute approximate surface area is 269 Å². The molecule has 0 N–H and O–H groups in total. The van der Waals surface area contributed by atoms with Gasteiger partial charge in [-0.3, -0.25) is 0 Å². The molecular formula is C42H27BO2Si. The molecule has 3 heterocycles. The fraction of sp³-hybridized carbons (Fsp3) is 0. The second-order valence-corrected chi connectivity index (χ2v) is 16.1. The van der Waals surface area contributed by atoms with Crippen LogP contribution >= 0.6 is 0 Å². The number of fused-ring (bicyclic) bond motifs is 10. The topological polar surface area (TPSA) is 18.5 Å². The van der Waals surface area contributed by atoms with Gasteiger partial charge in [-0.15, -0.1) is 0 Å². The molecule has 7 aromatic rings. The molecule has 3 aliphatic heterocycles. The molecule has 46 heavy (non-hydrogen) atoms. The van der Waals surface area contributed by atoms with Crippen LogP contribution in [-0.4, -0.2) is 14.8 Å². The van der Waals surface area contributed by atoms with Gasteiger partial charge in [0.2, 0.25) is 0 Å². The van der Waals surface area contributed by atoms with Crippen LogP contribution in [0.15, 0.2) is 164 Å². The first kappa shape index (κ1) is 25.7. The predicted octanol–water partition coefficient (Wildman–Crippen LogP) is 5.44. The quantitative estimate of drug-likeness (QED) is 0.246. The summed E-state index contributed by atoms with van der Waals surface area (Å²) in [5.41, 5.74) is 8.33. The number of hydrogen-bond acceptors (Lipinski definition) is 2. The van der Waals surface area contributed by atoms with E-state index in [0.717, 1.165) is 28.5 Å². The Bertz CT molecular complexity index is 2280. The van der Waals surface area contributed by atoms with Gasteiger partial charge >= 0.3 is 0 Å². The first-order valence-electron chi connectivity index (χ1n) is 15.9. The van der Waals surface area contributed by atoms with Crippen molar-refractivity contribution < 1.29 is 9.47 Å². The molecule has 3 aliphatic rings. The zero-order valence-electron chi connectivity index (χ0n) is 25.0. The normalized spacial score (nSPS) is 14.1.